The highest BCUT2D eigenvalue weighted by Gasteiger charge is 2.35. The SMILES string of the molecule is CCOC(=O)C1=C(C)N=c2s/c(=C/c3cn(Cc4ccc(Cl)c(Cl)c4)c4ccccc34)c(=O)n2[C@H]1c1ccccc1OC. The Labute approximate surface area is 261 Å². The monoisotopic (exact) mass is 631 g/mol. The van der Waals surface area contributed by atoms with E-state index in [1.54, 1.807) is 31.6 Å². The van der Waals surface area contributed by atoms with E-state index in [2.05, 4.69) is 4.57 Å². The molecule has 0 fully saturated rings. The van der Waals surface area contributed by atoms with Crippen LogP contribution in [0, 0.1) is 0 Å². The highest BCUT2D eigenvalue weighted by molar-refractivity contribution is 7.07. The number of thiazole rings is 1. The van der Waals surface area contributed by atoms with E-state index in [-0.39, 0.29) is 12.2 Å². The Morgan fingerprint density at radius 3 is 2.60 bits per heavy atom. The van der Waals surface area contributed by atoms with Gasteiger partial charge in [-0.2, -0.15) is 0 Å². The molecular formula is C33H27Cl2N3O4S. The van der Waals surface area contributed by atoms with Crippen LogP contribution in [0.1, 0.15) is 36.6 Å². The second-order valence-electron chi connectivity index (χ2n) is 10.0. The normalized spacial score (nSPS) is 15.0. The average Bonchev–Trinajstić information content (AvgIpc) is 3.50. The first-order valence-corrected chi connectivity index (χ1v) is 15.2. The maximum Gasteiger partial charge on any atom is 0.338 e. The Morgan fingerprint density at radius 1 is 1.07 bits per heavy atom. The summed E-state index contributed by atoms with van der Waals surface area (Å²) in [5.41, 5.74) is 4.13. The number of carbonyl (C=O) groups excluding carboxylic acids is 1. The number of halogens is 2. The Kier molecular flexibility index (Phi) is 8.01. The lowest BCUT2D eigenvalue weighted by Gasteiger charge is -2.25. The summed E-state index contributed by atoms with van der Waals surface area (Å²) in [6.45, 7) is 4.29. The van der Waals surface area contributed by atoms with E-state index in [0.717, 1.165) is 22.0 Å². The van der Waals surface area contributed by atoms with Crippen LogP contribution in [0.5, 0.6) is 5.75 Å². The molecule has 3 heterocycles. The number of benzene rings is 3. The van der Waals surface area contributed by atoms with Crippen molar-refractivity contribution in [1.82, 2.24) is 9.13 Å². The van der Waals surface area contributed by atoms with Crippen molar-refractivity contribution in [2.75, 3.05) is 13.7 Å². The molecule has 0 bridgehead atoms. The van der Waals surface area contributed by atoms with E-state index in [1.165, 1.54) is 11.3 Å². The van der Waals surface area contributed by atoms with Gasteiger partial charge in [-0.1, -0.05) is 77.0 Å². The van der Waals surface area contributed by atoms with Crippen LogP contribution in [0.15, 0.2) is 94.0 Å². The minimum atomic E-state index is -0.760. The summed E-state index contributed by atoms with van der Waals surface area (Å²) in [6.07, 6.45) is 3.92. The molecule has 0 N–H and O–H groups in total. The molecule has 218 valence electrons. The van der Waals surface area contributed by atoms with Gasteiger partial charge in [0.25, 0.3) is 5.56 Å². The van der Waals surface area contributed by atoms with Crippen LogP contribution in [-0.2, 0) is 16.1 Å². The molecule has 7 nitrogen and oxygen atoms in total. The van der Waals surface area contributed by atoms with Gasteiger partial charge < -0.3 is 14.0 Å². The fraction of sp³-hybridized carbons (Fsp3) is 0.182. The molecule has 0 spiro atoms. The van der Waals surface area contributed by atoms with E-state index in [9.17, 15) is 9.59 Å². The molecule has 2 aromatic heterocycles. The largest absolute Gasteiger partial charge is 0.496 e. The van der Waals surface area contributed by atoms with Crippen LogP contribution in [0.25, 0.3) is 17.0 Å². The van der Waals surface area contributed by atoms with Gasteiger partial charge in [-0.15, -0.1) is 0 Å². The summed E-state index contributed by atoms with van der Waals surface area (Å²) in [5.74, 6) is 0.0447. The van der Waals surface area contributed by atoms with E-state index in [4.69, 9.17) is 37.7 Å². The van der Waals surface area contributed by atoms with E-state index < -0.39 is 12.0 Å². The molecule has 43 heavy (non-hydrogen) atoms. The number of hydrogen-bond acceptors (Lipinski definition) is 6. The number of allylic oxidation sites excluding steroid dienone is 1. The van der Waals surface area contributed by atoms with Crippen molar-refractivity contribution in [3.8, 4) is 5.75 Å². The number of para-hydroxylation sites is 2. The van der Waals surface area contributed by atoms with Gasteiger partial charge in [0.2, 0.25) is 0 Å². The third-order valence-corrected chi connectivity index (χ3v) is 9.12. The molecule has 3 aromatic carbocycles. The molecule has 1 aliphatic heterocycles. The van der Waals surface area contributed by atoms with Gasteiger partial charge in [0.15, 0.2) is 4.80 Å². The van der Waals surface area contributed by atoms with Crippen molar-refractivity contribution in [3.63, 3.8) is 0 Å². The number of rotatable bonds is 7. The number of carbonyl (C=O) groups is 1. The lowest BCUT2D eigenvalue weighted by atomic mass is 9.95. The van der Waals surface area contributed by atoms with Crippen molar-refractivity contribution >= 4 is 57.5 Å². The summed E-state index contributed by atoms with van der Waals surface area (Å²) < 4.78 is 15.3. The first-order valence-electron chi connectivity index (χ1n) is 13.6. The standard InChI is InChI=1S/C33H27Cl2N3O4S/c1-4-42-32(40)29-19(2)36-33-38(30(29)23-10-6-8-12-27(23)41-3)31(39)28(43-33)16-21-18-37(26-11-7-5-9-22(21)26)17-20-13-14-24(34)25(35)15-20/h5-16,18,30H,4,17H2,1-3H3/b28-16+/t30-/m0/s1. The number of nitrogens with zero attached hydrogens (tertiary/aromatic N) is 3. The molecule has 0 saturated heterocycles. The topological polar surface area (TPSA) is 74.8 Å². The van der Waals surface area contributed by atoms with Gasteiger partial charge in [-0.3, -0.25) is 9.36 Å². The Bertz CT molecular complexity index is 2110. The number of ether oxygens (including phenoxy) is 2. The Balaban J connectivity index is 1.52. The van der Waals surface area contributed by atoms with Crippen molar-refractivity contribution in [2.24, 2.45) is 4.99 Å². The smallest absolute Gasteiger partial charge is 0.338 e. The summed E-state index contributed by atoms with van der Waals surface area (Å²) in [5, 5.41) is 2.00. The van der Waals surface area contributed by atoms with Gasteiger partial charge in [-0.25, -0.2) is 9.79 Å². The molecular weight excluding hydrogens is 605 g/mol. The molecule has 6 rings (SSSR count). The lowest BCUT2D eigenvalue weighted by molar-refractivity contribution is -0.139. The van der Waals surface area contributed by atoms with E-state index in [1.807, 2.05) is 72.9 Å². The first kappa shape index (κ1) is 29.0. The predicted molar refractivity (Wildman–Crippen MR) is 171 cm³/mol. The first-order chi connectivity index (χ1) is 20.8. The highest BCUT2D eigenvalue weighted by atomic mass is 35.5. The predicted octanol–water partition coefficient (Wildman–Crippen LogP) is 6.12. The molecule has 10 heteroatoms. The van der Waals surface area contributed by atoms with Crippen molar-refractivity contribution in [1.29, 1.82) is 0 Å². The number of methoxy groups -OCH3 is 1. The molecule has 1 aliphatic rings. The minimum absolute atomic E-state index is 0.199. The van der Waals surface area contributed by atoms with Crippen molar-refractivity contribution in [3.05, 3.63) is 131 Å². The molecule has 1 atom stereocenters. The number of aromatic nitrogens is 2. The second kappa shape index (κ2) is 11.9. The van der Waals surface area contributed by atoms with Gasteiger partial charge in [0, 0.05) is 34.8 Å². The van der Waals surface area contributed by atoms with Gasteiger partial charge in [0.05, 0.1) is 39.6 Å². The maximum atomic E-state index is 14.2. The number of esters is 1. The van der Waals surface area contributed by atoms with Crippen LogP contribution in [0.4, 0.5) is 0 Å². The van der Waals surface area contributed by atoms with Crippen LogP contribution >= 0.6 is 34.5 Å². The lowest BCUT2D eigenvalue weighted by Crippen LogP contribution is -2.40. The van der Waals surface area contributed by atoms with Crippen molar-refractivity contribution in [2.45, 2.75) is 26.4 Å². The molecule has 0 aliphatic carbocycles. The minimum Gasteiger partial charge on any atom is -0.496 e. The van der Waals surface area contributed by atoms with Gasteiger partial charge in [0.1, 0.15) is 11.8 Å². The second-order valence-corrected chi connectivity index (χ2v) is 11.8. The van der Waals surface area contributed by atoms with E-state index in [0.29, 0.717) is 48.5 Å². The fourth-order valence-corrected chi connectivity index (χ4v) is 6.83. The summed E-state index contributed by atoms with van der Waals surface area (Å²) in [7, 11) is 1.57. The number of fused-ring (bicyclic) bond motifs is 2. The van der Waals surface area contributed by atoms with Gasteiger partial charge in [-0.05, 0) is 49.8 Å². The zero-order chi connectivity index (χ0) is 30.2. The fourth-order valence-electron chi connectivity index (χ4n) is 5.48. The summed E-state index contributed by atoms with van der Waals surface area (Å²) in [6, 6.07) is 20.2. The molecule has 0 radical (unpaired) electrons. The van der Waals surface area contributed by atoms with Gasteiger partial charge >= 0.3 is 5.97 Å². The quantitative estimate of drug-likeness (QED) is 0.203. The maximum absolute atomic E-state index is 14.2. The third-order valence-electron chi connectivity index (χ3n) is 7.39. The van der Waals surface area contributed by atoms with Crippen LogP contribution in [0.3, 0.4) is 0 Å². The molecule has 0 amide bonds. The Hall–Kier alpha value is -4.11. The zero-order valence-electron chi connectivity index (χ0n) is 23.6. The van der Waals surface area contributed by atoms with Crippen LogP contribution in [-0.4, -0.2) is 28.8 Å². The Morgan fingerprint density at radius 2 is 1.84 bits per heavy atom. The van der Waals surface area contributed by atoms with Crippen LogP contribution in [0.2, 0.25) is 10.0 Å². The zero-order valence-corrected chi connectivity index (χ0v) is 26.0. The average molecular weight is 633 g/mol. The summed E-state index contributed by atoms with van der Waals surface area (Å²) in [4.78, 5) is 32.6. The third kappa shape index (κ3) is 5.31. The molecule has 0 unspecified atom stereocenters. The summed E-state index contributed by atoms with van der Waals surface area (Å²) >= 11 is 13.7. The highest BCUT2D eigenvalue weighted by Crippen LogP contribution is 2.35. The number of hydrogen-bond donors (Lipinski definition) is 0. The van der Waals surface area contributed by atoms with E-state index >= 15 is 0 Å². The van der Waals surface area contributed by atoms with Crippen LogP contribution < -0.4 is 19.6 Å². The molecule has 5 aromatic rings. The molecule has 0 saturated carbocycles. The van der Waals surface area contributed by atoms with Crippen molar-refractivity contribution < 1.29 is 14.3 Å².